The van der Waals surface area contributed by atoms with Gasteiger partial charge in [0, 0.05) is 0 Å². The van der Waals surface area contributed by atoms with E-state index in [1.54, 1.807) is 0 Å². The van der Waals surface area contributed by atoms with E-state index < -0.39 is 0 Å². The molecule has 1 saturated heterocycles. The van der Waals surface area contributed by atoms with Crippen LogP contribution in [0.4, 0.5) is 0 Å². The van der Waals surface area contributed by atoms with Crippen LogP contribution in [0.3, 0.4) is 0 Å². The van der Waals surface area contributed by atoms with E-state index in [4.69, 9.17) is 4.74 Å². The maximum absolute atomic E-state index is 11.9. The van der Waals surface area contributed by atoms with Crippen LogP contribution in [0.25, 0.3) is 0 Å². The zero-order chi connectivity index (χ0) is 12.5. The third-order valence-corrected chi connectivity index (χ3v) is 3.51. The van der Waals surface area contributed by atoms with Crippen LogP contribution in [0.5, 0.6) is 0 Å². The van der Waals surface area contributed by atoms with Gasteiger partial charge in [0.15, 0.2) is 0 Å². The summed E-state index contributed by atoms with van der Waals surface area (Å²) in [5, 5.41) is 0. The lowest BCUT2D eigenvalue weighted by Crippen LogP contribution is -2.19. The molecule has 1 aliphatic heterocycles. The summed E-state index contributed by atoms with van der Waals surface area (Å²) in [7, 11) is 0. The van der Waals surface area contributed by atoms with Crippen LogP contribution in [0.1, 0.15) is 64.7 Å². The van der Waals surface area contributed by atoms with E-state index in [-0.39, 0.29) is 11.9 Å². The van der Waals surface area contributed by atoms with Crippen molar-refractivity contribution in [2.75, 3.05) is 6.61 Å². The predicted octanol–water partition coefficient (Wildman–Crippen LogP) is 4.25. The van der Waals surface area contributed by atoms with E-state index in [2.05, 4.69) is 6.58 Å². The number of hydrogen-bond acceptors (Lipinski definition) is 2. The Morgan fingerprint density at radius 1 is 1.06 bits per heavy atom. The molecule has 1 fully saturated rings. The van der Waals surface area contributed by atoms with Gasteiger partial charge in [-0.05, 0) is 19.8 Å². The summed E-state index contributed by atoms with van der Waals surface area (Å²) >= 11 is 0. The Labute approximate surface area is 105 Å². The van der Waals surface area contributed by atoms with Crippen molar-refractivity contribution in [1.82, 2.24) is 0 Å². The second-order valence-electron chi connectivity index (χ2n) is 5.18. The third-order valence-electron chi connectivity index (χ3n) is 3.51. The van der Waals surface area contributed by atoms with Crippen molar-refractivity contribution < 1.29 is 9.53 Å². The lowest BCUT2D eigenvalue weighted by Gasteiger charge is -2.15. The zero-order valence-corrected chi connectivity index (χ0v) is 11.2. The molecular formula is C15H26O2. The Balaban J connectivity index is 2.45. The molecule has 0 bridgehead atoms. The molecule has 0 aliphatic carbocycles. The first-order valence-electron chi connectivity index (χ1n) is 7.04. The normalized spacial score (nSPS) is 25.0. The van der Waals surface area contributed by atoms with Crippen LogP contribution in [0, 0.1) is 5.92 Å². The summed E-state index contributed by atoms with van der Waals surface area (Å²) in [6.45, 7) is 6.44. The molecule has 0 aromatic carbocycles. The van der Waals surface area contributed by atoms with Crippen LogP contribution in [-0.2, 0) is 9.53 Å². The number of hydrogen-bond donors (Lipinski definition) is 0. The van der Waals surface area contributed by atoms with Crippen molar-refractivity contribution in [3.8, 4) is 0 Å². The van der Waals surface area contributed by atoms with Gasteiger partial charge in [-0.3, -0.25) is 4.79 Å². The maximum Gasteiger partial charge on any atom is 0.313 e. The van der Waals surface area contributed by atoms with Crippen LogP contribution in [-0.4, -0.2) is 12.6 Å². The van der Waals surface area contributed by atoms with E-state index in [1.807, 2.05) is 6.92 Å². The highest BCUT2D eigenvalue weighted by molar-refractivity contribution is 5.75. The van der Waals surface area contributed by atoms with Crippen LogP contribution in [0.15, 0.2) is 12.2 Å². The van der Waals surface area contributed by atoms with Gasteiger partial charge >= 0.3 is 5.97 Å². The van der Waals surface area contributed by atoms with E-state index in [1.165, 1.54) is 38.5 Å². The summed E-state index contributed by atoms with van der Waals surface area (Å²) < 4.78 is 5.33. The van der Waals surface area contributed by atoms with Gasteiger partial charge < -0.3 is 4.74 Å². The predicted molar refractivity (Wildman–Crippen MR) is 70.8 cm³/mol. The Kier molecular flexibility index (Phi) is 6.99. The van der Waals surface area contributed by atoms with Gasteiger partial charge in [0.25, 0.3) is 0 Å². The van der Waals surface area contributed by atoms with E-state index >= 15 is 0 Å². The molecule has 98 valence electrons. The van der Waals surface area contributed by atoms with E-state index in [9.17, 15) is 4.79 Å². The van der Waals surface area contributed by atoms with Gasteiger partial charge in [-0.25, -0.2) is 0 Å². The van der Waals surface area contributed by atoms with Crippen molar-refractivity contribution in [2.24, 2.45) is 5.92 Å². The number of rotatable bonds is 1. The number of ether oxygens (including phenoxy) is 1. The molecule has 1 heterocycles. The molecule has 1 rings (SSSR count). The molecule has 0 aromatic rings. The molecule has 0 radical (unpaired) electrons. The summed E-state index contributed by atoms with van der Waals surface area (Å²) in [5.41, 5.74) is 0.949. The molecule has 17 heavy (non-hydrogen) atoms. The minimum absolute atomic E-state index is 0.0586. The minimum atomic E-state index is -0.0734. The summed E-state index contributed by atoms with van der Waals surface area (Å²) in [5.74, 6) is -0.132. The first-order chi connectivity index (χ1) is 8.22. The van der Waals surface area contributed by atoms with E-state index in [0.717, 1.165) is 24.8 Å². The van der Waals surface area contributed by atoms with Crippen molar-refractivity contribution in [3.63, 3.8) is 0 Å². The second kappa shape index (κ2) is 8.32. The fourth-order valence-electron chi connectivity index (χ4n) is 2.35. The Hall–Kier alpha value is -0.790. The van der Waals surface area contributed by atoms with Crippen molar-refractivity contribution in [3.05, 3.63) is 12.2 Å². The molecule has 0 aromatic heterocycles. The minimum Gasteiger partial charge on any atom is -0.465 e. The Morgan fingerprint density at radius 2 is 1.59 bits per heavy atom. The van der Waals surface area contributed by atoms with Gasteiger partial charge in [0.2, 0.25) is 0 Å². The Bertz CT molecular complexity index is 245. The van der Waals surface area contributed by atoms with Crippen LogP contribution >= 0.6 is 0 Å². The van der Waals surface area contributed by atoms with Crippen LogP contribution < -0.4 is 0 Å². The van der Waals surface area contributed by atoms with Gasteiger partial charge in [0.1, 0.15) is 0 Å². The molecule has 1 atom stereocenters. The van der Waals surface area contributed by atoms with Crippen molar-refractivity contribution in [2.45, 2.75) is 64.7 Å². The molecule has 1 aliphatic rings. The second-order valence-corrected chi connectivity index (χ2v) is 5.18. The van der Waals surface area contributed by atoms with Crippen LogP contribution in [0.2, 0.25) is 0 Å². The number of cyclic esters (lactones) is 1. The fourth-order valence-corrected chi connectivity index (χ4v) is 2.35. The SMILES string of the molecule is C=C(C)C1CCCCCCCCCCOC1=O. The first-order valence-corrected chi connectivity index (χ1v) is 7.04. The summed E-state index contributed by atoms with van der Waals surface area (Å²) in [6.07, 6.45) is 10.7. The zero-order valence-electron chi connectivity index (χ0n) is 11.2. The quantitative estimate of drug-likeness (QED) is 0.504. The van der Waals surface area contributed by atoms with Gasteiger partial charge in [-0.2, -0.15) is 0 Å². The molecule has 0 N–H and O–H groups in total. The lowest BCUT2D eigenvalue weighted by molar-refractivity contribution is -0.147. The summed E-state index contributed by atoms with van der Waals surface area (Å²) in [4.78, 5) is 11.9. The highest BCUT2D eigenvalue weighted by atomic mass is 16.5. The molecule has 2 heteroatoms. The number of carbonyl (C=O) groups excluding carboxylic acids is 1. The first kappa shape index (κ1) is 14.3. The number of carbonyl (C=O) groups is 1. The molecule has 0 saturated carbocycles. The highest BCUT2D eigenvalue weighted by Crippen LogP contribution is 2.20. The third kappa shape index (κ3) is 5.90. The molecule has 1 unspecified atom stereocenters. The smallest absolute Gasteiger partial charge is 0.313 e. The Morgan fingerprint density at radius 3 is 2.18 bits per heavy atom. The van der Waals surface area contributed by atoms with Gasteiger partial charge in [0.05, 0.1) is 12.5 Å². The number of esters is 1. The van der Waals surface area contributed by atoms with E-state index in [0.29, 0.717) is 6.61 Å². The molecule has 2 nitrogen and oxygen atoms in total. The topological polar surface area (TPSA) is 26.3 Å². The monoisotopic (exact) mass is 238 g/mol. The maximum atomic E-state index is 11.9. The standard InChI is InChI=1S/C15H26O2/c1-13(2)14-11-9-7-5-3-4-6-8-10-12-17-15(14)16/h14H,1,3-12H2,2H3. The largest absolute Gasteiger partial charge is 0.465 e. The van der Waals surface area contributed by atoms with Crippen molar-refractivity contribution >= 4 is 5.97 Å². The molecule has 0 amide bonds. The average Bonchev–Trinajstić information content (AvgIpc) is 2.30. The average molecular weight is 238 g/mol. The molecule has 0 spiro atoms. The summed E-state index contributed by atoms with van der Waals surface area (Å²) in [6, 6.07) is 0. The fraction of sp³-hybridized carbons (Fsp3) is 0.800. The van der Waals surface area contributed by atoms with Gasteiger partial charge in [-0.15, -0.1) is 0 Å². The lowest BCUT2D eigenvalue weighted by atomic mass is 9.95. The van der Waals surface area contributed by atoms with Gasteiger partial charge in [-0.1, -0.05) is 57.1 Å². The highest BCUT2D eigenvalue weighted by Gasteiger charge is 2.20. The molecular weight excluding hydrogens is 212 g/mol. The van der Waals surface area contributed by atoms with Crippen molar-refractivity contribution in [1.29, 1.82) is 0 Å².